The molecule has 0 aliphatic heterocycles. The van der Waals surface area contributed by atoms with Crippen LogP contribution in [-0.2, 0) is 4.79 Å². The molecule has 0 radical (unpaired) electrons. The highest BCUT2D eigenvalue weighted by atomic mass is 16.5. The van der Waals surface area contributed by atoms with Crippen molar-refractivity contribution in [2.45, 2.75) is 6.92 Å². The van der Waals surface area contributed by atoms with Gasteiger partial charge in [0, 0.05) is 11.1 Å². The number of hydrogen-bond donors (Lipinski definition) is 1. The Hall–Kier alpha value is -2.50. The minimum absolute atomic E-state index is 0.00299. The zero-order chi connectivity index (χ0) is 15.0. The van der Waals surface area contributed by atoms with E-state index in [9.17, 15) is 14.7 Å². The number of ether oxygens (including phenoxy) is 3. The predicted octanol–water partition coefficient (Wildman–Crippen LogP) is 1.77. The fourth-order valence-corrected chi connectivity index (χ4v) is 2.16. The number of ketones is 2. The van der Waals surface area contributed by atoms with E-state index in [4.69, 9.17) is 14.2 Å². The van der Waals surface area contributed by atoms with Gasteiger partial charge in [-0.05, 0) is 13.0 Å². The first-order chi connectivity index (χ1) is 9.47. The quantitative estimate of drug-likeness (QED) is 0.848. The lowest BCUT2D eigenvalue weighted by Gasteiger charge is -2.21. The van der Waals surface area contributed by atoms with E-state index < -0.39 is 11.6 Å². The largest absolute Gasteiger partial charge is 0.507 e. The molecule has 2 rings (SSSR count). The van der Waals surface area contributed by atoms with Gasteiger partial charge in [0.25, 0.3) is 0 Å². The van der Waals surface area contributed by atoms with Crippen LogP contribution in [-0.4, -0.2) is 38.0 Å². The second-order valence-corrected chi connectivity index (χ2v) is 4.20. The molecule has 106 valence electrons. The fraction of sp³-hybridized carbons (Fsp3) is 0.286. The number of rotatable bonds is 3. The number of benzene rings is 1. The van der Waals surface area contributed by atoms with Gasteiger partial charge in [0.15, 0.2) is 11.5 Å². The SMILES string of the molecule is COc1cc2c(c(OC)c1OC)C(=O)C(=O)C(C)=C2O. The number of aliphatic hydroxyl groups is 1. The van der Waals surface area contributed by atoms with Crippen molar-refractivity contribution in [1.29, 1.82) is 0 Å². The average Bonchev–Trinajstić information content (AvgIpc) is 2.48. The molecule has 0 fully saturated rings. The maximum Gasteiger partial charge on any atom is 0.237 e. The molecule has 1 aromatic rings. The Balaban J connectivity index is 2.90. The van der Waals surface area contributed by atoms with Crippen LogP contribution >= 0.6 is 0 Å². The lowest BCUT2D eigenvalue weighted by atomic mass is 9.88. The zero-order valence-corrected chi connectivity index (χ0v) is 11.6. The molecule has 0 saturated heterocycles. The standard InChI is InChI=1S/C14H14O6/c1-6-10(15)7-5-8(18-2)13(19-3)14(20-4)9(7)12(17)11(6)16/h5,15H,1-4H3. The van der Waals surface area contributed by atoms with Crippen molar-refractivity contribution >= 4 is 17.3 Å². The molecule has 1 N–H and O–H groups in total. The summed E-state index contributed by atoms with van der Waals surface area (Å²) in [6.07, 6.45) is 0. The molecule has 1 aliphatic rings. The summed E-state index contributed by atoms with van der Waals surface area (Å²) in [4.78, 5) is 24.0. The van der Waals surface area contributed by atoms with Crippen LogP contribution in [0.5, 0.6) is 17.2 Å². The normalized spacial score (nSPS) is 14.2. The van der Waals surface area contributed by atoms with Crippen molar-refractivity contribution in [2.24, 2.45) is 0 Å². The second-order valence-electron chi connectivity index (χ2n) is 4.20. The lowest BCUT2D eigenvalue weighted by Crippen LogP contribution is -2.24. The van der Waals surface area contributed by atoms with Gasteiger partial charge in [0.05, 0.1) is 26.9 Å². The van der Waals surface area contributed by atoms with Crippen molar-refractivity contribution in [1.82, 2.24) is 0 Å². The molecule has 0 saturated carbocycles. The first-order valence-corrected chi connectivity index (χ1v) is 5.80. The molecular formula is C14H14O6. The summed E-state index contributed by atoms with van der Waals surface area (Å²) in [7, 11) is 4.16. The van der Waals surface area contributed by atoms with Crippen LogP contribution in [0.2, 0.25) is 0 Å². The van der Waals surface area contributed by atoms with Gasteiger partial charge in [-0.2, -0.15) is 0 Å². The third-order valence-corrected chi connectivity index (χ3v) is 3.21. The number of aliphatic hydroxyl groups excluding tert-OH is 1. The Kier molecular flexibility index (Phi) is 3.40. The van der Waals surface area contributed by atoms with E-state index in [0.29, 0.717) is 5.75 Å². The maximum absolute atomic E-state index is 12.1. The van der Waals surface area contributed by atoms with Gasteiger partial charge in [0.1, 0.15) is 5.76 Å². The minimum atomic E-state index is -0.763. The number of hydrogen-bond acceptors (Lipinski definition) is 6. The van der Waals surface area contributed by atoms with Gasteiger partial charge in [-0.15, -0.1) is 0 Å². The monoisotopic (exact) mass is 278 g/mol. The summed E-state index contributed by atoms with van der Waals surface area (Å²) in [5.74, 6) is -1.21. The van der Waals surface area contributed by atoms with E-state index in [1.54, 1.807) is 0 Å². The number of Topliss-reactive ketones (excluding diaryl/α,β-unsaturated/α-hetero) is 2. The predicted molar refractivity (Wildman–Crippen MR) is 70.7 cm³/mol. The minimum Gasteiger partial charge on any atom is -0.507 e. The molecule has 0 heterocycles. The fourth-order valence-electron chi connectivity index (χ4n) is 2.16. The van der Waals surface area contributed by atoms with Crippen LogP contribution in [0.1, 0.15) is 22.8 Å². The molecular weight excluding hydrogens is 264 g/mol. The van der Waals surface area contributed by atoms with Crippen molar-refractivity contribution < 1.29 is 28.9 Å². The van der Waals surface area contributed by atoms with Crippen molar-refractivity contribution in [3.05, 3.63) is 22.8 Å². The number of methoxy groups -OCH3 is 3. The van der Waals surface area contributed by atoms with Gasteiger partial charge in [-0.25, -0.2) is 0 Å². The van der Waals surface area contributed by atoms with Gasteiger partial charge >= 0.3 is 0 Å². The van der Waals surface area contributed by atoms with Crippen molar-refractivity contribution in [3.8, 4) is 17.2 Å². The first-order valence-electron chi connectivity index (χ1n) is 5.80. The highest BCUT2D eigenvalue weighted by Crippen LogP contribution is 2.45. The van der Waals surface area contributed by atoms with Crippen LogP contribution in [0.25, 0.3) is 5.76 Å². The van der Waals surface area contributed by atoms with E-state index in [1.165, 1.54) is 34.3 Å². The zero-order valence-electron chi connectivity index (χ0n) is 11.6. The summed E-state index contributed by atoms with van der Waals surface area (Å²) < 4.78 is 15.5. The molecule has 20 heavy (non-hydrogen) atoms. The molecule has 0 atom stereocenters. The Morgan fingerprint density at radius 1 is 0.950 bits per heavy atom. The third-order valence-electron chi connectivity index (χ3n) is 3.21. The molecule has 1 aliphatic carbocycles. The molecule has 0 amide bonds. The summed E-state index contributed by atoms with van der Waals surface area (Å²) in [5.41, 5.74) is 0.177. The topological polar surface area (TPSA) is 82.1 Å². The van der Waals surface area contributed by atoms with Gasteiger partial charge in [0.2, 0.25) is 17.3 Å². The molecule has 0 aromatic heterocycles. The molecule has 1 aromatic carbocycles. The Labute approximate surface area is 115 Å². The van der Waals surface area contributed by atoms with Crippen LogP contribution in [0.15, 0.2) is 11.6 Å². The Bertz CT molecular complexity index is 642. The molecule has 0 spiro atoms. The van der Waals surface area contributed by atoms with Gasteiger partial charge in [-0.3, -0.25) is 9.59 Å². The lowest BCUT2D eigenvalue weighted by molar-refractivity contribution is -0.111. The maximum atomic E-state index is 12.1. The van der Waals surface area contributed by atoms with Crippen molar-refractivity contribution in [3.63, 3.8) is 0 Å². The van der Waals surface area contributed by atoms with Crippen LogP contribution in [0.4, 0.5) is 0 Å². The summed E-state index contributed by atoms with van der Waals surface area (Å²) in [6, 6.07) is 1.44. The van der Waals surface area contributed by atoms with Crippen LogP contribution in [0, 0.1) is 0 Å². The molecule has 6 heteroatoms. The molecule has 6 nitrogen and oxygen atoms in total. The van der Waals surface area contributed by atoms with Gasteiger partial charge < -0.3 is 19.3 Å². The molecule has 0 unspecified atom stereocenters. The van der Waals surface area contributed by atoms with E-state index in [2.05, 4.69) is 0 Å². The first kappa shape index (κ1) is 13.9. The smallest absolute Gasteiger partial charge is 0.237 e. The number of allylic oxidation sites excluding steroid dienone is 1. The van der Waals surface area contributed by atoms with Crippen LogP contribution in [0.3, 0.4) is 0 Å². The Morgan fingerprint density at radius 2 is 1.55 bits per heavy atom. The number of fused-ring (bicyclic) bond motifs is 1. The van der Waals surface area contributed by atoms with Gasteiger partial charge in [-0.1, -0.05) is 0 Å². The number of carbonyl (C=O) groups excluding carboxylic acids is 2. The number of carbonyl (C=O) groups is 2. The summed E-state index contributed by atoms with van der Waals surface area (Å²) in [6.45, 7) is 1.39. The van der Waals surface area contributed by atoms with Crippen LogP contribution < -0.4 is 14.2 Å². The van der Waals surface area contributed by atoms with E-state index in [0.717, 1.165) is 0 Å². The summed E-state index contributed by atoms with van der Waals surface area (Å²) >= 11 is 0. The average molecular weight is 278 g/mol. The summed E-state index contributed by atoms with van der Waals surface area (Å²) in [5, 5.41) is 10.1. The molecule has 0 bridgehead atoms. The van der Waals surface area contributed by atoms with E-state index >= 15 is 0 Å². The third kappa shape index (κ3) is 1.72. The highest BCUT2D eigenvalue weighted by Gasteiger charge is 2.36. The van der Waals surface area contributed by atoms with Crippen molar-refractivity contribution in [2.75, 3.05) is 21.3 Å². The Morgan fingerprint density at radius 3 is 2.05 bits per heavy atom. The van der Waals surface area contributed by atoms with E-state index in [1.807, 2.05) is 0 Å². The highest BCUT2D eigenvalue weighted by molar-refractivity contribution is 6.52. The van der Waals surface area contributed by atoms with E-state index in [-0.39, 0.29) is 34.0 Å². The second kappa shape index (κ2) is 4.88.